The normalized spacial score (nSPS) is 26.7. The predicted molar refractivity (Wildman–Crippen MR) is 127 cm³/mol. The van der Waals surface area contributed by atoms with Gasteiger partial charge in [0.05, 0.1) is 11.6 Å². The first kappa shape index (κ1) is 22.7. The predicted octanol–water partition coefficient (Wildman–Crippen LogP) is 8.05. The highest BCUT2D eigenvalue weighted by molar-refractivity contribution is 5.41. The van der Waals surface area contributed by atoms with E-state index in [1.807, 2.05) is 30.3 Å². The van der Waals surface area contributed by atoms with Gasteiger partial charge in [-0.2, -0.15) is 5.26 Å². The summed E-state index contributed by atoms with van der Waals surface area (Å²) in [5, 5.41) is 8.84. The Labute approximate surface area is 185 Å². The summed E-state index contributed by atoms with van der Waals surface area (Å²) in [7, 11) is 0. The third-order valence-electron chi connectivity index (χ3n) is 7.49. The Kier molecular flexibility index (Phi) is 9.57. The van der Waals surface area contributed by atoms with Crippen molar-refractivity contribution in [3.63, 3.8) is 0 Å². The van der Waals surface area contributed by atoms with Gasteiger partial charge in [0.15, 0.2) is 0 Å². The van der Waals surface area contributed by atoms with Gasteiger partial charge in [-0.25, -0.2) is 0 Å². The lowest BCUT2D eigenvalue weighted by molar-refractivity contribution is 0.220. The van der Waals surface area contributed by atoms with Gasteiger partial charge in [-0.15, -0.1) is 0 Å². The quantitative estimate of drug-likeness (QED) is 0.424. The van der Waals surface area contributed by atoms with Crippen LogP contribution in [0.5, 0.6) is 0 Å². The fraction of sp³-hybridized carbons (Fsp3) is 0.621. The Hall–Kier alpha value is -1.99. The molecule has 2 saturated carbocycles. The van der Waals surface area contributed by atoms with Crippen molar-refractivity contribution in [2.75, 3.05) is 0 Å². The summed E-state index contributed by atoms with van der Waals surface area (Å²) in [4.78, 5) is 0. The van der Waals surface area contributed by atoms with Crippen LogP contribution in [0, 0.1) is 46.8 Å². The minimum Gasteiger partial charge on any atom is -0.192 e. The lowest BCUT2D eigenvalue weighted by Crippen LogP contribution is -2.17. The molecule has 0 radical (unpaired) electrons. The van der Waals surface area contributed by atoms with Crippen LogP contribution in [0.1, 0.15) is 102 Å². The zero-order valence-corrected chi connectivity index (χ0v) is 18.9. The SMILES string of the molecule is CCCC[C@H]1CC[C@H](CC[C@H]2CC[C@H](C=CC#Cc3ccc(C#N)cc3)CC2)CC1. The third kappa shape index (κ3) is 7.69. The first-order valence-electron chi connectivity index (χ1n) is 12.4. The highest BCUT2D eigenvalue weighted by Crippen LogP contribution is 2.37. The fourth-order valence-corrected chi connectivity index (χ4v) is 5.38. The largest absolute Gasteiger partial charge is 0.192 e. The molecule has 2 aliphatic carbocycles. The molecule has 1 aromatic carbocycles. The van der Waals surface area contributed by atoms with Crippen molar-refractivity contribution in [1.29, 1.82) is 5.26 Å². The van der Waals surface area contributed by atoms with Crippen molar-refractivity contribution in [3.05, 3.63) is 47.5 Å². The molecule has 2 fully saturated rings. The van der Waals surface area contributed by atoms with Crippen LogP contribution >= 0.6 is 0 Å². The topological polar surface area (TPSA) is 23.8 Å². The molecule has 0 saturated heterocycles. The van der Waals surface area contributed by atoms with E-state index in [-0.39, 0.29) is 0 Å². The molecule has 0 spiro atoms. The molecule has 0 aromatic heterocycles. The molecule has 1 heteroatoms. The number of hydrogen-bond donors (Lipinski definition) is 0. The maximum atomic E-state index is 8.84. The van der Waals surface area contributed by atoms with Crippen molar-refractivity contribution >= 4 is 0 Å². The van der Waals surface area contributed by atoms with Crippen LogP contribution < -0.4 is 0 Å². The fourth-order valence-electron chi connectivity index (χ4n) is 5.38. The van der Waals surface area contributed by atoms with Crippen molar-refractivity contribution < 1.29 is 0 Å². The van der Waals surface area contributed by atoms with Crippen molar-refractivity contribution in [2.45, 2.75) is 90.4 Å². The van der Waals surface area contributed by atoms with Crippen LogP contribution in [0.4, 0.5) is 0 Å². The van der Waals surface area contributed by atoms with Gasteiger partial charge in [-0.05, 0) is 79.7 Å². The van der Waals surface area contributed by atoms with E-state index in [1.165, 1.54) is 83.5 Å². The Balaban J connectivity index is 1.30. The number of unbranched alkanes of at least 4 members (excludes halogenated alkanes) is 1. The number of benzene rings is 1. The first-order valence-corrected chi connectivity index (χ1v) is 12.4. The summed E-state index contributed by atoms with van der Waals surface area (Å²) in [6.45, 7) is 2.32. The van der Waals surface area contributed by atoms with Crippen LogP contribution in [-0.4, -0.2) is 0 Å². The number of rotatable bonds is 7. The molecule has 160 valence electrons. The van der Waals surface area contributed by atoms with Gasteiger partial charge in [0.25, 0.3) is 0 Å². The number of allylic oxidation sites excluding steroid dienone is 2. The summed E-state index contributed by atoms with van der Waals surface area (Å²) in [6.07, 6.45) is 23.1. The molecule has 0 aliphatic heterocycles. The molecule has 0 N–H and O–H groups in total. The minimum atomic E-state index is 0.688. The standard InChI is InChI=1S/C29H39N/c1-2-3-6-24-9-13-27(14-10-24)17-18-28-15-11-25(12-16-28)7-4-5-8-26-19-21-29(23-30)22-20-26/h4,7,19-22,24-25,27-28H,2-3,6,9-18H2,1H3/t24-,25-,27-,28-. The Morgan fingerprint density at radius 1 is 0.800 bits per heavy atom. The smallest absolute Gasteiger partial charge is 0.0991 e. The molecule has 0 heterocycles. The molecule has 0 atom stereocenters. The van der Waals surface area contributed by atoms with E-state index in [0.29, 0.717) is 11.5 Å². The van der Waals surface area contributed by atoms with Crippen molar-refractivity contribution in [3.8, 4) is 17.9 Å². The maximum Gasteiger partial charge on any atom is 0.0991 e. The monoisotopic (exact) mass is 401 g/mol. The molecule has 30 heavy (non-hydrogen) atoms. The van der Waals surface area contributed by atoms with Crippen LogP contribution in [0.25, 0.3) is 0 Å². The van der Waals surface area contributed by atoms with Crippen LogP contribution in [0.3, 0.4) is 0 Å². The Bertz CT molecular complexity index is 738. The summed E-state index contributed by atoms with van der Waals surface area (Å²) in [6, 6.07) is 9.63. The van der Waals surface area contributed by atoms with E-state index in [1.54, 1.807) is 0 Å². The Morgan fingerprint density at radius 3 is 1.90 bits per heavy atom. The third-order valence-corrected chi connectivity index (χ3v) is 7.49. The second kappa shape index (κ2) is 12.6. The molecule has 3 rings (SSSR count). The molecular formula is C29H39N. The second-order valence-electron chi connectivity index (χ2n) is 9.70. The minimum absolute atomic E-state index is 0.688. The van der Waals surface area contributed by atoms with Crippen molar-refractivity contribution in [2.24, 2.45) is 23.7 Å². The van der Waals surface area contributed by atoms with Crippen LogP contribution in [0.15, 0.2) is 36.4 Å². The van der Waals surface area contributed by atoms with Crippen LogP contribution in [-0.2, 0) is 0 Å². The second-order valence-corrected chi connectivity index (χ2v) is 9.70. The average Bonchev–Trinajstić information content (AvgIpc) is 2.81. The summed E-state index contributed by atoms with van der Waals surface area (Å²) >= 11 is 0. The first-order chi connectivity index (χ1) is 14.8. The summed E-state index contributed by atoms with van der Waals surface area (Å²) in [5.41, 5.74) is 1.66. The van der Waals surface area contributed by atoms with Crippen molar-refractivity contribution in [1.82, 2.24) is 0 Å². The van der Waals surface area contributed by atoms with E-state index >= 15 is 0 Å². The molecular weight excluding hydrogens is 362 g/mol. The van der Waals surface area contributed by atoms with E-state index in [2.05, 4.69) is 30.9 Å². The highest BCUT2D eigenvalue weighted by Gasteiger charge is 2.23. The average molecular weight is 402 g/mol. The van der Waals surface area contributed by atoms with Gasteiger partial charge in [0.1, 0.15) is 0 Å². The summed E-state index contributed by atoms with van der Waals surface area (Å²) in [5.74, 6) is 10.1. The summed E-state index contributed by atoms with van der Waals surface area (Å²) < 4.78 is 0. The molecule has 1 aromatic rings. The molecule has 2 aliphatic rings. The molecule has 1 nitrogen and oxygen atoms in total. The van der Waals surface area contributed by atoms with E-state index in [4.69, 9.17) is 5.26 Å². The lowest BCUT2D eigenvalue weighted by atomic mass is 9.75. The zero-order valence-electron chi connectivity index (χ0n) is 18.9. The highest BCUT2D eigenvalue weighted by atomic mass is 14.3. The molecule has 0 unspecified atom stereocenters. The van der Waals surface area contributed by atoms with Gasteiger partial charge >= 0.3 is 0 Å². The van der Waals surface area contributed by atoms with Crippen LogP contribution in [0.2, 0.25) is 0 Å². The lowest BCUT2D eigenvalue weighted by Gasteiger charge is -2.31. The number of hydrogen-bond acceptors (Lipinski definition) is 1. The van der Waals surface area contributed by atoms with Gasteiger partial charge in [0.2, 0.25) is 0 Å². The zero-order chi connectivity index (χ0) is 21.0. The molecule has 0 bridgehead atoms. The van der Waals surface area contributed by atoms with Gasteiger partial charge in [-0.3, -0.25) is 0 Å². The Morgan fingerprint density at radius 2 is 1.33 bits per heavy atom. The van der Waals surface area contributed by atoms with Gasteiger partial charge in [0, 0.05) is 5.56 Å². The van der Waals surface area contributed by atoms with E-state index in [9.17, 15) is 0 Å². The number of nitriles is 1. The molecule has 0 amide bonds. The van der Waals surface area contributed by atoms with Gasteiger partial charge < -0.3 is 0 Å². The maximum absolute atomic E-state index is 8.84. The van der Waals surface area contributed by atoms with Gasteiger partial charge in [-0.1, -0.05) is 82.6 Å². The van der Waals surface area contributed by atoms with E-state index in [0.717, 1.165) is 23.3 Å². The number of nitrogens with zero attached hydrogens (tertiary/aromatic N) is 1. The van der Waals surface area contributed by atoms with E-state index < -0.39 is 0 Å².